The van der Waals surface area contributed by atoms with E-state index in [0.29, 0.717) is 22.2 Å². The van der Waals surface area contributed by atoms with Gasteiger partial charge in [-0.15, -0.1) is 0 Å². The van der Waals surface area contributed by atoms with Crippen molar-refractivity contribution in [2.45, 2.75) is 25.5 Å². The van der Waals surface area contributed by atoms with E-state index in [1.165, 1.54) is 0 Å². The molecule has 0 fully saturated rings. The van der Waals surface area contributed by atoms with E-state index in [1.54, 1.807) is 12.1 Å². The van der Waals surface area contributed by atoms with Crippen molar-refractivity contribution < 1.29 is 15.0 Å². The molecule has 1 aliphatic heterocycles. The van der Waals surface area contributed by atoms with Gasteiger partial charge in [0, 0.05) is 11.0 Å². The van der Waals surface area contributed by atoms with Crippen LogP contribution in [0, 0.1) is 0 Å². The van der Waals surface area contributed by atoms with Crippen LogP contribution in [0.1, 0.15) is 35.1 Å². The Bertz CT molecular complexity index is 650. The summed E-state index contributed by atoms with van der Waals surface area (Å²) < 4.78 is 2.66. The molecule has 6 heteroatoms. The molecule has 0 spiro atoms. The number of aliphatic hydroxyl groups excluding tert-OH is 1. The predicted octanol–water partition coefficient (Wildman–Crippen LogP) is 2.32. The zero-order chi connectivity index (χ0) is 12.9. The van der Waals surface area contributed by atoms with Crippen LogP contribution in [-0.2, 0) is 6.54 Å². The number of imidazole rings is 1. The molecular weight excluding hydrogens is 300 g/mol. The number of hydrogen-bond donors (Lipinski definition) is 2. The van der Waals surface area contributed by atoms with Crippen LogP contribution in [-0.4, -0.2) is 25.7 Å². The van der Waals surface area contributed by atoms with E-state index in [1.807, 2.05) is 4.57 Å². The van der Waals surface area contributed by atoms with Gasteiger partial charge in [0.15, 0.2) is 0 Å². The lowest BCUT2D eigenvalue weighted by molar-refractivity contribution is 0.0697. The summed E-state index contributed by atoms with van der Waals surface area (Å²) in [6.07, 6.45) is 1.03. The van der Waals surface area contributed by atoms with Crippen LogP contribution < -0.4 is 0 Å². The molecule has 2 aromatic rings. The fourth-order valence-corrected chi connectivity index (χ4v) is 3.08. The molecule has 2 N–H and O–H groups in total. The predicted molar refractivity (Wildman–Crippen MR) is 68.6 cm³/mol. The van der Waals surface area contributed by atoms with Gasteiger partial charge < -0.3 is 14.8 Å². The van der Waals surface area contributed by atoms with Gasteiger partial charge in [-0.25, -0.2) is 9.78 Å². The first kappa shape index (κ1) is 11.7. The first-order valence-corrected chi connectivity index (χ1v) is 6.48. The van der Waals surface area contributed by atoms with E-state index in [4.69, 9.17) is 5.11 Å². The van der Waals surface area contributed by atoms with Crippen molar-refractivity contribution in [3.05, 3.63) is 28.0 Å². The number of aromatic nitrogens is 2. The second-order valence-corrected chi connectivity index (χ2v) is 5.26. The Balaban J connectivity index is 2.31. The molecule has 3 rings (SSSR count). The van der Waals surface area contributed by atoms with Crippen LogP contribution in [0.15, 0.2) is 16.6 Å². The van der Waals surface area contributed by atoms with Crippen molar-refractivity contribution in [2.24, 2.45) is 0 Å². The van der Waals surface area contributed by atoms with E-state index >= 15 is 0 Å². The van der Waals surface area contributed by atoms with Crippen molar-refractivity contribution in [1.29, 1.82) is 0 Å². The van der Waals surface area contributed by atoms with Crippen LogP contribution in [0.3, 0.4) is 0 Å². The van der Waals surface area contributed by atoms with Gasteiger partial charge in [0.1, 0.15) is 11.9 Å². The van der Waals surface area contributed by atoms with E-state index < -0.39 is 12.1 Å². The topological polar surface area (TPSA) is 75.3 Å². The highest BCUT2D eigenvalue weighted by molar-refractivity contribution is 9.10. The fraction of sp³-hybridized carbons (Fsp3) is 0.333. The molecule has 0 radical (unpaired) electrons. The Kier molecular flexibility index (Phi) is 2.64. The van der Waals surface area contributed by atoms with E-state index in [2.05, 4.69) is 20.9 Å². The molecule has 0 saturated carbocycles. The van der Waals surface area contributed by atoms with Crippen molar-refractivity contribution >= 4 is 32.9 Å². The number of carboxylic acids is 1. The van der Waals surface area contributed by atoms with E-state index in [0.717, 1.165) is 18.5 Å². The first-order chi connectivity index (χ1) is 8.58. The highest BCUT2D eigenvalue weighted by Crippen LogP contribution is 2.33. The molecule has 2 heterocycles. The Morgan fingerprint density at radius 2 is 2.28 bits per heavy atom. The second-order valence-electron chi connectivity index (χ2n) is 4.41. The standard InChI is InChI=1S/C12H11BrN2O3/c13-7-4-6(12(17)18)5-8-10(7)15-3-1-2-9(16)11(15)14-8/h4-5,9,16H,1-3H2,(H,17,18)/t9-/m1/s1. The van der Waals surface area contributed by atoms with Crippen LogP contribution in [0.25, 0.3) is 11.0 Å². The number of carboxylic acid groups (broad SMARTS) is 1. The molecular formula is C12H11BrN2O3. The highest BCUT2D eigenvalue weighted by Gasteiger charge is 2.24. The Labute approximate surface area is 111 Å². The number of aryl methyl sites for hydroxylation is 1. The molecule has 1 aliphatic rings. The zero-order valence-electron chi connectivity index (χ0n) is 9.43. The summed E-state index contributed by atoms with van der Waals surface area (Å²) in [6.45, 7) is 0.800. The second kappa shape index (κ2) is 4.07. The SMILES string of the molecule is O=C(O)c1cc(Br)c2c(c1)nc1n2CCC[C@H]1O. The van der Waals surface area contributed by atoms with Gasteiger partial charge in [-0.05, 0) is 40.9 Å². The number of rotatable bonds is 1. The van der Waals surface area contributed by atoms with E-state index in [-0.39, 0.29) is 5.56 Å². The summed E-state index contributed by atoms with van der Waals surface area (Å²) in [5.41, 5.74) is 1.66. The van der Waals surface area contributed by atoms with Crippen molar-refractivity contribution in [2.75, 3.05) is 0 Å². The van der Waals surface area contributed by atoms with Gasteiger partial charge in [0.25, 0.3) is 0 Å². The minimum absolute atomic E-state index is 0.194. The third-order valence-electron chi connectivity index (χ3n) is 3.23. The van der Waals surface area contributed by atoms with Gasteiger partial charge in [0.2, 0.25) is 0 Å². The van der Waals surface area contributed by atoms with E-state index in [9.17, 15) is 9.90 Å². The van der Waals surface area contributed by atoms with Gasteiger partial charge in [-0.3, -0.25) is 0 Å². The molecule has 0 bridgehead atoms. The normalized spacial score (nSPS) is 18.9. The summed E-state index contributed by atoms with van der Waals surface area (Å²) in [4.78, 5) is 15.4. The molecule has 0 amide bonds. The fourth-order valence-electron chi connectivity index (χ4n) is 2.41. The maximum Gasteiger partial charge on any atom is 0.335 e. The number of aliphatic hydroxyl groups is 1. The maximum atomic E-state index is 11.0. The summed E-state index contributed by atoms with van der Waals surface area (Å²) in [6, 6.07) is 3.11. The molecule has 0 aliphatic carbocycles. The molecule has 0 unspecified atom stereocenters. The molecule has 0 saturated heterocycles. The lowest BCUT2D eigenvalue weighted by atomic mass is 10.1. The zero-order valence-corrected chi connectivity index (χ0v) is 11.0. The van der Waals surface area contributed by atoms with Crippen LogP contribution >= 0.6 is 15.9 Å². The number of nitrogens with zero attached hydrogens (tertiary/aromatic N) is 2. The lowest BCUT2D eigenvalue weighted by Crippen LogP contribution is -2.15. The van der Waals surface area contributed by atoms with Crippen molar-refractivity contribution in [1.82, 2.24) is 9.55 Å². The number of fused-ring (bicyclic) bond motifs is 3. The van der Waals surface area contributed by atoms with Crippen LogP contribution in [0.5, 0.6) is 0 Å². The molecule has 1 aromatic heterocycles. The average Bonchev–Trinajstić information content (AvgIpc) is 2.69. The van der Waals surface area contributed by atoms with Gasteiger partial charge in [-0.1, -0.05) is 0 Å². The largest absolute Gasteiger partial charge is 0.478 e. The van der Waals surface area contributed by atoms with Crippen molar-refractivity contribution in [3.63, 3.8) is 0 Å². The van der Waals surface area contributed by atoms with Crippen molar-refractivity contribution in [3.8, 4) is 0 Å². The Morgan fingerprint density at radius 3 is 3.00 bits per heavy atom. The van der Waals surface area contributed by atoms with Gasteiger partial charge in [-0.2, -0.15) is 0 Å². The minimum atomic E-state index is -0.982. The Hall–Kier alpha value is -1.40. The minimum Gasteiger partial charge on any atom is -0.478 e. The molecule has 18 heavy (non-hydrogen) atoms. The Morgan fingerprint density at radius 1 is 1.50 bits per heavy atom. The molecule has 94 valence electrons. The number of benzene rings is 1. The number of carbonyl (C=O) groups is 1. The quantitative estimate of drug-likeness (QED) is 0.847. The lowest BCUT2D eigenvalue weighted by Gasteiger charge is -2.19. The van der Waals surface area contributed by atoms with Crippen LogP contribution in [0.2, 0.25) is 0 Å². The number of hydrogen-bond acceptors (Lipinski definition) is 3. The average molecular weight is 311 g/mol. The van der Waals surface area contributed by atoms with Gasteiger partial charge >= 0.3 is 5.97 Å². The summed E-state index contributed by atoms with van der Waals surface area (Å²) in [5, 5.41) is 18.9. The smallest absolute Gasteiger partial charge is 0.335 e. The summed E-state index contributed by atoms with van der Waals surface area (Å²) >= 11 is 3.39. The summed E-state index contributed by atoms with van der Waals surface area (Å²) in [7, 11) is 0. The monoisotopic (exact) mass is 310 g/mol. The maximum absolute atomic E-state index is 11.0. The van der Waals surface area contributed by atoms with Gasteiger partial charge in [0.05, 0.1) is 16.6 Å². The third-order valence-corrected chi connectivity index (χ3v) is 3.83. The first-order valence-electron chi connectivity index (χ1n) is 5.69. The third kappa shape index (κ3) is 1.64. The van der Waals surface area contributed by atoms with Crippen LogP contribution in [0.4, 0.5) is 0 Å². The summed E-state index contributed by atoms with van der Waals surface area (Å²) in [5.74, 6) is -0.358. The molecule has 1 atom stereocenters. The molecule has 1 aromatic carbocycles. The number of halogens is 1. The number of aromatic carboxylic acids is 1. The highest BCUT2D eigenvalue weighted by atomic mass is 79.9. The molecule has 5 nitrogen and oxygen atoms in total.